The smallest absolute Gasteiger partial charge is 0.103 e. The summed E-state index contributed by atoms with van der Waals surface area (Å²) in [5.41, 5.74) is 12.6. The molecule has 3 fully saturated rings. The third kappa shape index (κ3) is 1.39. The third-order valence-corrected chi connectivity index (χ3v) is 4.71. The quantitative estimate of drug-likeness (QED) is 0.412. The molecule has 4 nitrogen and oxygen atoms in total. The van der Waals surface area contributed by atoms with Crippen molar-refractivity contribution in [2.45, 2.75) is 35.7 Å². The SMILES string of the molecule is NC1NC2CC3CNNC3CC2S1. The predicted molar refractivity (Wildman–Crippen MR) is 53.9 cm³/mol. The van der Waals surface area contributed by atoms with E-state index in [2.05, 4.69) is 16.2 Å². The molecule has 74 valence electrons. The summed E-state index contributed by atoms with van der Waals surface area (Å²) in [5.74, 6) is 0.805. The van der Waals surface area contributed by atoms with Crippen molar-refractivity contribution in [2.75, 3.05) is 6.54 Å². The standard InChI is InChI=1S/C8H16N4S/c9-8-11-6-1-4-3-10-12-5(4)2-7(6)13-8/h4-8,10-12H,1-3,9H2. The monoisotopic (exact) mass is 200 g/mol. The van der Waals surface area contributed by atoms with Gasteiger partial charge in [0.25, 0.3) is 0 Å². The van der Waals surface area contributed by atoms with Crippen LogP contribution in [0.2, 0.25) is 0 Å². The number of hydrazine groups is 1. The minimum atomic E-state index is 0.168. The zero-order valence-corrected chi connectivity index (χ0v) is 8.31. The molecular formula is C8H16N4S. The maximum atomic E-state index is 5.86. The second-order valence-corrected chi connectivity index (χ2v) is 5.62. The summed E-state index contributed by atoms with van der Waals surface area (Å²) >= 11 is 1.90. The highest BCUT2D eigenvalue weighted by Gasteiger charge is 2.43. The predicted octanol–water partition coefficient (Wildman–Crippen LogP) is -0.811. The first-order chi connectivity index (χ1) is 6.33. The van der Waals surface area contributed by atoms with Gasteiger partial charge in [-0.3, -0.25) is 16.2 Å². The lowest BCUT2D eigenvalue weighted by atomic mass is 9.82. The molecule has 3 rings (SSSR count). The van der Waals surface area contributed by atoms with Crippen LogP contribution in [0.5, 0.6) is 0 Å². The Labute approximate surface area is 82.4 Å². The molecule has 2 saturated heterocycles. The molecule has 0 bridgehead atoms. The molecule has 0 spiro atoms. The molecule has 0 radical (unpaired) electrons. The fourth-order valence-electron chi connectivity index (χ4n) is 2.74. The summed E-state index contributed by atoms with van der Waals surface area (Å²) in [6.45, 7) is 1.12. The van der Waals surface area contributed by atoms with E-state index in [1.165, 1.54) is 12.8 Å². The van der Waals surface area contributed by atoms with Crippen molar-refractivity contribution >= 4 is 11.8 Å². The van der Waals surface area contributed by atoms with Crippen molar-refractivity contribution < 1.29 is 0 Å². The molecular weight excluding hydrogens is 184 g/mol. The summed E-state index contributed by atoms with van der Waals surface area (Å²) in [6, 6.07) is 1.34. The molecule has 5 atom stereocenters. The lowest BCUT2D eigenvalue weighted by Gasteiger charge is -2.32. The highest BCUT2D eigenvalue weighted by atomic mass is 32.2. The average molecular weight is 200 g/mol. The Morgan fingerprint density at radius 2 is 2.15 bits per heavy atom. The Morgan fingerprint density at radius 1 is 1.23 bits per heavy atom. The third-order valence-electron chi connectivity index (χ3n) is 3.41. The van der Waals surface area contributed by atoms with Crippen LogP contribution in [0, 0.1) is 5.92 Å². The molecule has 0 amide bonds. The molecule has 0 aromatic carbocycles. The highest BCUT2D eigenvalue weighted by molar-refractivity contribution is 8.00. The van der Waals surface area contributed by atoms with Gasteiger partial charge < -0.3 is 5.73 Å². The van der Waals surface area contributed by atoms with Gasteiger partial charge in [0.05, 0.1) is 0 Å². The maximum Gasteiger partial charge on any atom is 0.103 e. The minimum Gasteiger partial charge on any atom is -0.307 e. The molecule has 1 saturated carbocycles. The first-order valence-electron chi connectivity index (χ1n) is 4.98. The topological polar surface area (TPSA) is 62.1 Å². The Balaban J connectivity index is 1.73. The Morgan fingerprint density at radius 3 is 3.08 bits per heavy atom. The maximum absolute atomic E-state index is 5.86. The van der Waals surface area contributed by atoms with Gasteiger partial charge in [-0.05, 0) is 18.8 Å². The second-order valence-electron chi connectivity index (χ2n) is 4.23. The van der Waals surface area contributed by atoms with E-state index < -0.39 is 0 Å². The van der Waals surface area contributed by atoms with Gasteiger partial charge in [0.1, 0.15) is 5.50 Å². The van der Waals surface area contributed by atoms with Crippen LogP contribution in [-0.4, -0.2) is 29.4 Å². The van der Waals surface area contributed by atoms with Crippen molar-refractivity contribution in [3.8, 4) is 0 Å². The lowest BCUT2D eigenvalue weighted by Crippen LogP contribution is -2.46. The van der Waals surface area contributed by atoms with Crippen LogP contribution < -0.4 is 21.9 Å². The second kappa shape index (κ2) is 3.10. The minimum absolute atomic E-state index is 0.168. The first-order valence-corrected chi connectivity index (χ1v) is 5.93. The number of rotatable bonds is 0. The van der Waals surface area contributed by atoms with Crippen molar-refractivity contribution in [1.29, 1.82) is 0 Å². The van der Waals surface area contributed by atoms with E-state index in [0.29, 0.717) is 12.1 Å². The van der Waals surface area contributed by atoms with Crippen LogP contribution in [0.15, 0.2) is 0 Å². The number of nitrogens with one attached hydrogen (secondary N) is 3. The van der Waals surface area contributed by atoms with Crippen LogP contribution >= 0.6 is 11.8 Å². The van der Waals surface area contributed by atoms with Gasteiger partial charge in [-0.15, -0.1) is 11.8 Å². The number of hydrogen-bond acceptors (Lipinski definition) is 5. The van der Waals surface area contributed by atoms with Crippen molar-refractivity contribution in [3.05, 3.63) is 0 Å². The van der Waals surface area contributed by atoms with E-state index in [4.69, 9.17) is 5.73 Å². The molecule has 2 aliphatic heterocycles. The molecule has 0 aromatic rings. The largest absolute Gasteiger partial charge is 0.307 e. The van der Waals surface area contributed by atoms with Gasteiger partial charge >= 0.3 is 0 Å². The van der Waals surface area contributed by atoms with Gasteiger partial charge in [0, 0.05) is 23.9 Å². The van der Waals surface area contributed by atoms with E-state index >= 15 is 0 Å². The van der Waals surface area contributed by atoms with Gasteiger partial charge in [0.15, 0.2) is 0 Å². The van der Waals surface area contributed by atoms with Crippen LogP contribution in [0.4, 0.5) is 0 Å². The number of fused-ring (bicyclic) bond motifs is 2. The fraction of sp³-hybridized carbons (Fsp3) is 1.00. The van der Waals surface area contributed by atoms with E-state index in [-0.39, 0.29) is 5.50 Å². The molecule has 5 heteroatoms. The van der Waals surface area contributed by atoms with Gasteiger partial charge in [-0.1, -0.05) is 0 Å². The summed E-state index contributed by atoms with van der Waals surface area (Å²) < 4.78 is 0. The zero-order valence-electron chi connectivity index (χ0n) is 7.49. The zero-order chi connectivity index (χ0) is 8.84. The van der Waals surface area contributed by atoms with Crippen LogP contribution in [-0.2, 0) is 0 Å². The summed E-state index contributed by atoms with van der Waals surface area (Å²) in [6.07, 6.45) is 2.53. The van der Waals surface area contributed by atoms with Gasteiger partial charge in [0.2, 0.25) is 0 Å². The van der Waals surface area contributed by atoms with Crippen molar-refractivity contribution in [1.82, 2.24) is 16.2 Å². The Hall–Kier alpha value is 0.190. The Kier molecular flexibility index (Phi) is 2.03. The van der Waals surface area contributed by atoms with Crippen molar-refractivity contribution in [3.63, 3.8) is 0 Å². The van der Waals surface area contributed by atoms with Gasteiger partial charge in [-0.2, -0.15) is 0 Å². The molecule has 13 heavy (non-hydrogen) atoms. The summed E-state index contributed by atoms with van der Waals surface area (Å²) in [7, 11) is 0. The highest BCUT2D eigenvalue weighted by Crippen LogP contribution is 2.38. The molecule has 0 aromatic heterocycles. The summed E-state index contributed by atoms with van der Waals surface area (Å²) in [5, 5.41) is 4.18. The van der Waals surface area contributed by atoms with E-state index in [1.807, 2.05) is 11.8 Å². The first kappa shape index (κ1) is 8.49. The van der Waals surface area contributed by atoms with Crippen LogP contribution in [0.3, 0.4) is 0 Å². The molecule has 5 N–H and O–H groups in total. The lowest BCUT2D eigenvalue weighted by molar-refractivity contribution is 0.289. The fourth-order valence-corrected chi connectivity index (χ4v) is 4.06. The molecule has 3 aliphatic rings. The molecule has 5 unspecified atom stereocenters. The van der Waals surface area contributed by atoms with E-state index in [0.717, 1.165) is 17.7 Å². The van der Waals surface area contributed by atoms with Crippen molar-refractivity contribution in [2.24, 2.45) is 11.7 Å². The molecule has 1 aliphatic carbocycles. The van der Waals surface area contributed by atoms with Crippen LogP contribution in [0.25, 0.3) is 0 Å². The van der Waals surface area contributed by atoms with E-state index in [1.54, 1.807) is 0 Å². The van der Waals surface area contributed by atoms with E-state index in [9.17, 15) is 0 Å². The molecule has 2 heterocycles. The summed E-state index contributed by atoms with van der Waals surface area (Å²) in [4.78, 5) is 0. The van der Waals surface area contributed by atoms with Gasteiger partial charge in [-0.25, -0.2) is 0 Å². The number of thioether (sulfide) groups is 1. The number of nitrogens with two attached hydrogens (primary N) is 1. The Bertz CT molecular complexity index is 192. The van der Waals surface area contributed by atoms with Crippen LogP contribution in [0.1, 0.15) is 12.8 Å². The number of hydrogen-bond donors (Lipinski definition) is 4. The average Bonchev–Trinajstić information content (AvgIpc) is 2.63. The normalized spacial score (nSPS) is 54.7.